The number of aromatic amines is 1. The molecule has 0 bridgehead atoms. The second-order valence-electron chi connectivity index (χ2n) is 5.60. The largest absolute Gasteiger partial charge is 0.478 e. The number of H-pyrrole nitrogens is 1. The highest BCUT2D eigenvalue weighted by molar-refractivity contribution is 7.89. The van der Waals surface area contributed by atoms with Gasteiger partial charge in [0.05, 0.1) is 18.8 Å². The van der Waals surface area contributed by atoms with Gasteiger partial charge in [-0.25, -0.2) is 18.4 Å². The van der Waals surface area contributed by atoms with E-state index < -0.39 is 10.0 Å². The number of imidazole rings is 1. The topological polar surface area (TPSA) is 91.4 Å². The molecule has 2 aromatic rings. The Morgan fingerprint density at radius 1 is 1.33 bits per heavy atom. The van der Waals surface area contributed by atoms with Crippen LogP contribution in [-0.4, -0.2) is 65.9 Å². The van der Waals surface area contributed by atoms with Gasteiger partial charge in [0.25, 0.3) is 0 Å². The first kappa shape index (κ1) is 16.9. The molecule has 24 heavy (non-hydrogen) atoms. The summed E-state index contributed by atoms with van der Waals surface area (Å²) in [6.07, 6.45) is 4.76. The summed E-state index contributed by atoms with van der Waals surface area (Å²) in [5.74, 6) is 1.19. The van der Waals surface area contributed by atoms with Crippen LogP contribution in [0.3, 0.4) is 0 Å². The van der Waals surface area contributed by atoms with E-state index in [1.54, 1.807) is 18.5 Å². The monoisotopic (exact) mass is 351 g/mol. The number of piperazine rings is 1. The molecule has 1 aliphatic heterocycles. The Bertz CT molecular complexity index is 761. The Morgan fingerprint density at radius 2 is 2.17 bits per heavy atom. The first-order chi connectivity index (χ1) is 11.5. The number of hydrogen-bond acceptors (Lipinski definition) is 6. The van der Waals surface area contributed by atoms with E-state index in [0.717, 1.165) is 5.82 Å². The highest BCUT2D eigenvalue weighted by Gasteiger charge is 2.34. The summed E-state index contributed by atoms with van der Waals surface area (Å²) in [7, 11) is -1.63. The normalized spacial score (nSPS) is 20.2. The van der Waals surface area contributed by atoms with Crippen molar-refractivity contribution in [3.8, 4) is 5.88 Å². The lowest BCUT2D eigenvalue weighted by Gasteiger charge is -2.37. The third-order valence-corrected chi connectivity index (χ3v) is 5.93. The number of pyridine rings is 1. The second kappa shape index (κ2) is 6.88. The van der Waals surface area contributed by atoms with E-state index in [-0.39, 0.29) is 10.9 Å². The third-order valence-electron chi connectivity index (χ3n) is 4.08. The molecule has 1 saturated heterocycles. The average molecular weight is 351 g/mol. The van der Waals surface area contributed by atoms with Gasteiger partial charge in [-0.15, -0.1) is 0 Å². The van der Waals surface area contributed by atoms with Gasteiger partial charge in [-0.3, -0.25) is 4.90 Å². The summed E-state index contributed by atoms with van der Waals surface area (Å²) in [6, 6.07) is 3.02. The highest BCUT2D eigenvalue weighted by Crippen LogP contribution is 2.26. The average Bonchev–Trinajstić information content (AvgIpc) is 3.10. The Morgan fingerprint density at radius 3 is 2.79 bits per heavy atom. The minimum Gasteiger partial charge on any atom is -0.478 e. The summed E-state index contributed by atoms with van der Waals surface area (Å²) < 4.78 is 32.5. The zero-order valence-corrected chi connectivity index (χ0v) is 14.5. The van der Waals surface area contributed by atoms with E-state index in [2.05, 4.69) is 19.9 Å². The quantitative estimate of drug-likeness (QED) is 0.860. The Labute approximate surface area is 141 Å². The molecule has 0 radical (unpaired) electrons. The van der Waals surface area contributed by atoms with Crippen molar-refractivity contribution in [3.05, 3.63) is 36.5 Å². The molecule has 1 unspecified atom stereocenters. The maximum atomic E-state index is 12.9. The third kappa shape index (κ3) is 3.28. The van der Waals surface area contributed by atoms with Crippen LogP contribution in [0.5, 0.6) is 5.88 Å². The van der Waals surface area contributed by atoms with Crippen molar-refractivity contribution in [1.29, 1.82) is 0 Å². The molecule has 1 fully saturated rings. The van der Waals surface area contributed by atoms with Crippen LogP contribution in [0.1, 0.15) is 18.8 Å². The molecule has 0 amide bonds. The van der Waals surface area contributed by atoms with E-state index >= 15 is 0 Å². The van der Waals surface area contributed by atoms with Crippen LogP contribution in [0.25, 0.3) is 0 Å². The van der Waals surface area contributed by atoms with E-state index in [4.69, 9.17) is 4.74 Å². The van der Waals surface area contributed by atoms with Crippen LogP contribution >= 0.6 is 0 Å². The number of rotatable bonds is 5. The molecule has 9 heteroatoms. The fourth-order valence-electron chi connectivity index (χ4n) is 2.72. The van der Waals surface area contributed by atoms with Crippen LogP contribution < -0.4 is 4.74 Å². The zero-order valence-electron chi connectivity index (χ0n) is 13.7. The predicted octanol–water partition coefficient (Wildman–Crippen LogP) is 0.881. The van der Waals surface area contributed by atoms with Gasteiger partial charge in [-0.05, 0) is 20.0 Å². The number of likely N-dealkylation sites (N-methyl/N-ethyl adjacent to an activating group) is 1. The SMILES string of the molecule is CCOc1ccc(S(=O)(=O)N2CCN(C)C(c3ncc[nH]3)C2)cn1. The van der Waals surface area contributed by atoms with Gasteiger partial charge in [0.15, 0.2) is 0 Å². The molecule has 3 heterocycles. The molecule has 0 aromatic carbocycles. The molecule has 0 aliphatic carbocycles. The van der Waals surface area contributed by atoms with Gasteiger partial charge < -0.3 is 9.72 Å². The zero-order chi connectivity index (χ0) is 17.2. The summed E-state index contributed by atoms with van der Waals surface area (Å²) in [5.41, 5.74) is 0. The van der Waals surface area contributed by atoms with Gasteiger partial charge in [0, 0.05) is 38.1 Å². The van der Waals surface area contributed by atoms with E-state index in [1.807, 2.05) is 14.0 Å². The van der Waals surface area contributed by atoms with Crippen molar-refractivity contribution in [2.45, 2.75) is 17.9 Å². The van der Waals surface area contributed by atoms with Crippen molar-refractivity contribution in [2.24, 2.45) is 0 Å². The summed E-state index contributed by atoms with van der Waals surface area (Å²) >= 11 is 0. The van der Waals surface area contributed by atoms with Crippen molar-refractivity contribution in [3.63, 3.8) is 0 Å². The van der Waals surface area contributed by atoms with E-state index in [1.165, 1.54) is 16.6 Å². The minimum atomic E-state index is -3.59. The molecule has 0 saturated carbocycles. The molecule has 130 valence electrons. The van der Waals surface area contributed by atoms with Crippen LogP contribution in [0.15, 0.2) is 35.6 Å². The van der Waals surface area contributed by atoms with Crippen molar-refractivity contribution in [2.75, 3.05) is 33.3 Å². The number of hydrogen-bond donors (Lipinski definition) is 1. The molecule has 8 nitrogen and oxygen atoms in total. The number of sulfonamides is 1. The van der Waals surface area contributed by atoms with Gasteiger partial charge >= 0.3 is 0 Å². The fourth-order valence-corrected chi connectivity index (χ4v) is 4.11. The standard InChI is InChI=1S/C15H21N5O3S/c1-3-23-14-5-4-12(10-18-14)24(21,22)20-9-8-19(2)13(11-20)15-16-6-7-17-15/h4-7,10,13H,3,8-9,11H2,1-2H3,(H,16,17). The molecular weight excluding hydrogens is 330 g/mol. The van der Waals surface area contributed by atoms with Crippen LogP contribution in [-0.2, 0) is 10.0 Å². The maximum absolute atomic E-state index is 12.9. The Kier molecular flexibility index (Phi) is 4.83. The highest BCUT2D eigenvalue weighted by atomic mass is 32.2. The van der Waals surface area contributed by atoms with Crippen molar-refractivity contribution >= 4 is 10.0 Å². The summed E-state index contributed by atoms with van der Waals surface area (Å²) in [4.78, 5) is 13.7. The summed E-state index contributed by atoms with van der Waals surface area (Å²) in [6.45, 7) is 3.76. The van der Waals surface area contributed by atoms with Crippen LogP contribution in [0, 0.1) is 0 Å². The molecule has 2 aromatic heterocycles. The number of aromatic nitrogens is 3. The Balaban J connectivity index is 1.81. The van der Waals surface area contributed by atoms with Gasteiger partial charge in [-0.2, -0.15) is 4.31 Å². The first-order valence-corrected chi connectivity index (χ1v) is 9.25. The molecular formula is C15H21N5O3S. The number of nitrogens with zero attached hydrogens (tertiary/aromatic N) is 4. The van der Waals surface area contributed by atoms with Crippen molar-refractivity contribution in [1.82, 2.24) is 24.2 Å². The first-order valence-electron chi connectivity index (χ1n) is 7.81. The second-order valence-corrected chi connectivity index (χ2v) is 7.54. The number of nitrogens with one attached hydrogen (secondary N) is 1. The van der Waals surface area contributed by atoms with Gasteiger partial charge in [-0.1, -0.05) is 0 Å². The molecule has 1 atom stereocenters. The molecule has 0 spiro atoms. The lowest BCUT2D eigenvalue weighted by molar-refractivity contribution is 0.142. The summed E-state index contributed by atoms with van der Waals surface area (Å²) in [5, 5.41) is 0. The van der Waals surface area contributed by atoms with Crippen LogP contribution in [0.2, 0.25) is 0 Å². The van der Waals surface area contributed by atoms with Gasteiger partial charge in [0.2, 0.25) is 15.9 Å². The smallest absolute Gasteiger partial charge is 0.244 e. The fraction of sp³-hybridized carbons (Fsp3) is 0.467. The Hall–Kier alpha value is -1.97. The lowest BCUT2D eigenvalue weighted by atomic mass is 10.2. The van der Waals surface area contributed by atoms with Gasteiger partial charge in [0.1, 0.15) is 10.7 Å². The van der Waals surface area contributed by atoms with Crippen molar-refractivity contribution < 1.29 is 13.2 Å². The number of ether oxygens (including phenoxy) is 1. The molecule has 1 aliphatic rings. The predicted molar refractivity (Wildman–Crippen MR) is 88.1 cm³/mol. The van der Waals surface area contributed by atoms with E-state index in [0.29, 0.717) is 32.1 Å². The minimum absolute atomic E-state index is 0.0980. The van der Waals surface area contributed by atoms with E-state index in [9.17, 15) is 8.42 Å². The van der Waals surface area contributed by atoms with Crippen LogP contribution in [0.4, 0.5) is 0 Å². The molecule has 1 N–H and O–H groups in total. The molecule has 3 rings (SSSR count). The lowest BCUT2D eigenvalue weighted by Crippen LogP contribution is -2.49. The maximum Gasteiger partial charge on any atom is 0.244 e.